The van der Waals surface area contributed by atoms with Gasteiger partial charge in [-0.1, -0.05) is 30.3 Å². The Hall–Kier alpha value is -1.78. The molecule has 2 unspecified atom stereocenters. The monoisotopic (exact) mass is 450 g/mol. The van der Waals surface area contributed by atoms with Crippen molar-refractivity contribution in [2.75, 3.05) is 13.2 Å². The smallest absolute Gasteiger partial charge is 0.136 e. The first-order chi connectivity index (χ1) is 12.1. The maximum absolute atomic E-state index is 9.63. The van der Waals surface area contributed by atoms with Crippen molar-refractivity contribution < 1.29 is 9.47 Å². The first kappa shape index (κ1) is 19.5. The zero-order chi connectivity index (χ0) is 18.2. The van der Waals surface area contributed by atoms with Gasteiger partial charge in [0.1, 0.15) is 11.5 Å². The SMILES string of the molecule is CCOc1cc(CC(C#N)C(N)c2ccccc2)cc(OCC)c1I. The van der Waals surface area contributed by atoms with E-state index in [4.69, 9.17) is 15.2 Å². The fraction of sp³-hybridized carbons (Fsp3) is 0.350. The molecule has 2 rings (SSSR count). The Balaban J connectivity index is 2.29. The Morgan fingerprint density at radius 2 is 1.64 bits per heavy atom. The van der Waals surface area contributed by atoms with Gasteiger partial charge < -0.3 is 15.2 Å². The number of ether oxygens (including phenoxy) is 2. The molecule has 0 aliphatic rings. The molecule has 25 heavy (non-hydrogen) atoms. The van der Waals surface area contributed by atoms with E-state index in [1.54, 1.807) is 0 Å². The number of nitriles is 1. The minimum absolute atomic E-state index is 0.327. The molecule has 5 heteroatoms. The van der Waals surface area contributed by atoms with Crippen molar-refractivity contribution in [2.24, 2.45) is 11.7 Å². The van der Waals surface area contributed by atoms with E-state index in [9.17, 15) is 5.26 Å². The first-order valence-corrected chi connectivity index (χ1v) is 9.46. The number of nitrogens with zero attached hydrogens (tertiary/aromatic N) is 1. The predicted molar refractivity (Wildman–Crippen MR) is 108 cm³/mol. The van der Waals surface area contributed by atoms with Gasteiger partial charge in [0.25, 0.3) is 0 Å². The summed E-state index contributed by atoms with van der Waals surface area (Å²) in [4.78, 5) is 0. The largest absolute Gasteiger partial charge is 0.493 e. The standard InChI is InChI=1S/C20H23IN2O2/c1-3-24-17-11-14(12-18(19(17)21)25-4-2)10-16(13-22)20(23)15-8-6-5-7-9-15/h5-9,11-12,16,20H,3-4,10,23H2,1-2H3. The highest BCUT2D eigenvalue weighted by Crippen LogP contribution is 2.34. The van der Waals surface area contributed by atoms with Crippen LogP contribution in [-0.4, -0.2) is 13.2 Å². The van der Waals surface area contributed by atoms with Crippen LogP contribution >= 0.6 is 22.6 Å². The van der Waals surface area contributed by atoms with Crippen molar-refractivity contribution in [2.45, 2.75) is 26.3 Å². The third-order valence-corrected chi connectivity index (χ3v) is 4.97. The second-order valence-corrected chi connectivity index (χ2v) is 6.73. The third-order valence-electron chi connectivity index (χ3n) is 3.90. The maximum Gasteiger partial charge on any atom is 0.136 e. The molecule has 0 radical (unpaired) electrons. The number of hydrogen-bond acceptors (Lipinski definition) is 4. The highest BCUT2D eigenvalue weighted by atomic mass is 127. The lowest BCUT2D eigenvalue weighted by Crippen LogP contribution is -2.22. The molecule has 2 aromatic rings. The van der Waals surface area contributed by atoms with Crippen LogP contribution in [0.1, 0.15) is 31.0 Å². The second kappa shape index (κ2) is 9.64. The van der Waals surface area contributed by atoms with Crippen LogP contribution < -0.4 is 15.2 Å². The van der Waals surface area contributed by atoms with Crippen LogP contribution in [0.5, 0.6) is 11.5 Å². The Bertz CT molecular complexity index is 701. The van der Waals surface area contributed by atoms with Crippen LogP contribution in [0, 0.1) is 20.8 Å². The van der Waals surface area contributed by atoms with Crippen molar-refractivity contribution in [3.05, 3.63) is 57.2 Å². The molecule has 0 aliphatic carbocycles. The lowest BCUT2D eigenvalue weighted by molar-refractivity contribution is 0.317. The van der Waals surface area contributed by atoms with Gasteiger partial charge in [-0.3, -0.25) is 0 Å². The van der Waals surface area contributed by atoms with Crippen molar-refractivity contribution in [3.63, 3.8) is 0 Å². The number of hydrogen-bond donors (Lipinski definition) is 1. The quantitative estimate of drug-likeness (QED) is 0.603. The van der Waals surface area contributed by atoms with E-state index < -0.39 is 0 Å². The summed E-state index contributed by atoms with van der Waals surface area (Å²) in [6.45, 7) is 5.06. The summed E-state index contributed by atoms with van der Waals surface area (Å²) in [6, 6.07) is 15.7. The molecule has 4 nitrogen and oxygen atoms in total. The van der Waals surface area contributed by atoms with Crippen LogP contribution in [0.3, 0.4) is 0 Å². The highest BCUT2D eigenvalue weighted by molar-refractivity contribution is 14.1. The third kappa shape index (κ3) is 5.10. The molecular weight excluding hydrogens is 427 g/mol. The minimum atomic E-state index is -0.337. The predicted octanol–water partition coefficient (Wildman–Crippen LogP) is 4.47. The molecule has 0 aliphatic heterocycles. The molecule has 0 amide bonds. The molecule has 2 atom stereocenters. The first-order valence-electron chi connectivity index (χ1n) is 8.38. The minimum Gasteiger partial charge on any atom is -0.493 e. The Morgan fingerprint density at radius 3 is 2.12 bits per heavy atom. The maximum atomic E-state index is 9.63. The number of halogens is 1. The van der Waals surface area contributed by atoms with Gasteiger partial charge in [-0.2, -0.15) is 5.26 Å². The van der Waals surface area contributed by atoms with Gasteiger partial charge >= 0.3 is 0 Å². The fourth-order valence-corrected chi connectivity index (χ4v) is 3.30. The topological polar surface area (TPSA) is 68.3 Å². The normalized spacial score (nSPS) is 12.9. The van der Waals surface area contributed by atoms with Gasteiger partial charge in [0, 0.05) is 6.04 Å². The van der Waals surface area contributed by atoms with Crippen molar-refractivity contribution >= 4 is 22.6 Å². The Labute approximate surface area is 163 Å². The van der Waals surface area contributed by atoms with E-state index in [1.165, 1.54) is 0 Å². The highest BCUT2D eigenvalue weighted by Gasteiger charge is 2.21. The van der Waals surface area contributed by atoms with Gasteiger partial charge in [0.2, 0.25) is 0 Å². The fourth-order valence-electron chi connectivity index (χ4n) is 2.68. The summed E-state index contributed by atoms with van der Waals surface area (Å²) in [7, 11) is 0. The van der Waals surface area contributed by atoms with E-state index in [0.717, 1.165) is 26.2 Å². The van der Waals surface area contributed by atoms with Gasteiger partial charge in [-0.05, 0) is 66.1 Å². The van der Waals surface area contributed by atoms with Crippen LogP contribution in [0.25, 0.3) is 0 Å². The van der Waals surface area contributed by atoms with Crippen LogP contribution in [0.4, 0.5) is 0 Å². The molecule has 2 N–H and O–H groups in total. The molecule has 2 aromatic carbocycles. The van der Waals surface area contributed by atoms with Crippen LogP contribution in [-0.2, 0) is 6.42 Å². The Kier molecular flexibility index (Phi) is 7.53. The summed E-state index contributed by atoms with van der Waals surface area (Å²) in [6.07, 6.45) is 0.545. The van der Waals surface area contributed by atoms with E-state index in [0.29, 0.717) is 19.6 Å². The van der Waals surface area contributed by atoms with Gasteiger partial charge in [0.15, 0.2) is 0 Å². The number of benzene rings is 2. The summed E-state index contributed by atoms with van der Waals surface area (Å²) in [5.41, 5.74) is 8.29. The number of rotatable bonds is 8. The van der Waals surface area contributed by atoms with E-state index >= 15 is 0 Å². The molecule has 132 valence electrons. The van der Waals surface area contributed by atoms with Crippen molar-refractivity contribution in [1.82, 2.24) is 0 Å². The lowest BCUT2D eigenvalue weighted by atomic mass is 9.89. The summed E-state index contributed by atoms with van der Waals surface area (Å²) >= 11 is 2.23. The summed E-state index contributed by atoms with van der Waals surface area (Å²) < 4.78 is 12.4. The van der Waals surface area contributed by atoms with E-state index in [2.05, 4.69) is 28.7 Å². The van der Waals surface area contributed by atoms with Gasteiger partial charge in [0.05, 0.1) is 28.8 Å². The molecule has 0 heterocycles. The average molecular weight is 450 g/mol. The average Bonchev–Trinajstić information content (AvgIpc) is 2.64. The van der Waals surface area contributed by atoms with E-state index in [-0.39, 0.29) is 12.0 Å². The molecule has 0 aromatic heterocycles. The molecule has 0 saturated heterocycles. The zero-order valence-electron chi connectivity index (χ0n) is 14.5. The molecule has 0 saturated carbocycles. The van der Waals surface area contributed by atoms with Crippen LogP contribution in [0.15, 0.2) is 42.5 Å². The van der Waals surface area contributed by atoms with Crippen LogP contribution in [0.2, 0.25) is 0 Å². The summed E-state index contributed by atoms with van der Waals surface area (Å²) in [5.74, 6) is 1.24. The number of nitrogens with two attached hydrogens (primary N) is 1. The van der Waals surface area contributed by atoms with E-state index in [1.807, 2.05) is 56.3 Å². The second-order valence-electron chi connectivity index (χ2n) is 5.65. The van der Waals surface area contributed by atoms with Gasteiger partial charge in [-0.15, -0.1) is 0 Å². The molecule has 0 spiro atoms. The molecular formula is C20H23IN2O2. The molecule has 0 fully saturated rings. The van der Waals surface area contributed by atoms with Crippen molar-refractivity contribution in [3.8, 4) is 17.6 Å². The lowest BCUT2D eigenvalue weighted by Gasteiger charge is -2.20. The Morgan fingerprint density at radius 1 is 1.08 bits per heavy atom. The van der Waals surface area contributed by atoms with Crippen molar-refractivity contribution in [1.29, 1.82) is 5.26 Å². The van der Waals surface area contributed by atoms with Gasteiger partial charge in [-0.25, -0.2) is 0 Å². The molecule has 0 bridgehead atoms. The summed E-state index contributed by atoms with van der Waals surface area (Å²) in [5, 5.41) is 9.63. The zero-order valence-corrected chi connectivity index (χ0v) is 16.7.